The van der Waals surface area contributed by atoms with Crippen LogP contribution in [0, 0.1) is 0 Å². The zero-order valence-corrected chi connectivity index (χ0v) is 11.2. The summed E-state index contributed by atoms with van der Waals surface area (Å²) in [5.74, 6) is -0.294. The Labute approximate surface area is 120 Å². The third kappa shape index (κ3) is 2.84. The van der Waals surface area contributed by atoms with E-state index in [2.05, 4.69) is 20.3 Å². The number of rotatable bonds is 4. The van der Waals surface area contributed by atoms with Gasteiger partial charge in [-0.25, -0.2) is 4.98 Å². The van der Waals surface area contributed by atoms with Crippen molar-refractivity contribution in [2.24, 2.45) is 0 Å². The number of carbonyl (C=O) groups is 1. The van der Waals surface area contributed by atoms with Crippen LogP contribution in [-0.2, 0) is 6.42 Å². The van der Waals surface area contributed by atoms with Crippen molar-refractivity contribution in [1.82, 2.24) is 20.3 Å². The number of imidazole rings is 1. The molecule has 2 heterocycles. The highest BCUT2D eigenvalue weighted by atomic mass is 16.2. The number of fused-ring (bicyclic) bond motifs is 1. The maximum atomic E-state index is 12.1. The molecule has 3 N–H and O–H groups in total. The number of pyridine rings is 1. The summed E-state index contributed by atoms with van der Waals surface area (Å²) < 4.78 is 0. The fraction of sp³-hybridized carbons (Fsp3) is 0.133. The smallest absolute Gasteiger partial charge is 0.267 e. The summed E-state index contributed by atoms with van der Waals surface area (Å²) in [6.45, 7) is 0.468. The van der Waals surface area contributed by atoms with E-state index in [1.165, 1.54) is 6.07 Å². The average molecular weight is 282 g/mol. The van der Waals surface area contributed by atoms with E-state index in [-0.39, 0.29) is 17.0 Å². The van der Waals surface area contributed by atoms with Gasteiger partial charge in [0.05, 0.1) is 6.33 Å². The van der Waals surface area contributed by atoms with Crippen LogP contribution in [-0.4, -0.2) is 27.4 Å². The zero-order chi connectivity index (χ0) is 14.7. The molecule has 0 aliphatic heterocycles. The molecule has 6 nitrogen and oxygen atoms in total. The van der Waals surface area contributed by atoms with Gasteiger partial charge in [-0.3, -0.25) is 9.59 Å². The summed E-state index contributed by atoms with van der Waals surface area (Å²) in [6.07, 6.45) is 3.96. The van der Waals surface area contributed by atoms with Gasteiger partial charge in [0.2, 0.25) is 0 Å². The van der Waals surface area contributed by atoms with Crippen LogP contribution in [0.25, 0.3) is 10.9 Å². The summed E-state index contributed by atoms with van der Waals surface area (Å²) in [7, 11) is 0. The lowest BCUT2D eigenvalue weighted by molar-refractivity contribution is 0.0949. The Morgan fingerprint density at radius 3 is 2.95 bits per heavy atom. The van der Waals surface area contributed by atoms with Crippen molar-refractivity contribution in [3.05, 3.63) is 64.5 Å². The fourth-order valence-electron chi connectivity index (χ4n) is 2.15. The zero-order valence-electron chi connectivity index (χ0n) is 11.2. The van der Waals surface area contributed by atoms with Gasteiger partial charge in [-0.05, 0) is 12.1 Å². The number of aromatic amines is 2. The first-order chi connectivity index (χ1) is 10.2. The molecule has 0 radical (unpaired) electrons. The number of H-pyrrole nitrogens is 2. The molecule has 0 fully saturated rings. The average Bonchev–Trinajstić information content (AvgIpc) is 3.00. The van der Waals surface area contributed by atoms with Crippen LogP contribution in [0.5, 0.6) is 0 Å². The molecular weight excluding hydrogens is 268 g/mol. The molecule has 6 heteroatoms. The van der Waals surface area contributed by atoms with E-state index in [9.17, 15) is 9.59 Å². The molecule has 0 saturated heterocycles. The molecule has 3 aromatic rings. The predicted molar refractivity (Wildman–Crippen MR) is 79.2 cm³/mol. The SMILES string of the molecule is O=C(NCCc1cnc[nH]1)c1cc(=O)c2ccccc2[nH]1. The van der Waals surface area contributed by atoms with Crippen molar-refractivity contribution in [3.8, 4) is 0 Å². The molecule has 106 valence electrons. The molecule has 0 unspecified atom stereocenters. The predicted octanol–water partition coefficient (Wildman–Crippen LogP) is 1.22. The monoisotopic (exact) mass is 282 g/mol. The van der Waals surface area contributed by atoms with Crippen LogP contribution in [0.15, 0.2) is 47.7 Å². The van der Waals surface area contributed by atoms with E-state index < -0.39 is 0 Å². The van der Waals surface area contributed by atoms with Gasteiger partial charge in [0.25, 0.3) is 5.91 Å². The Morgan fingerprint density at radius 1 is 1.29 bits per heavy atom. The normalized spacial score (nSPS) is 10.7. The van der Waals surface area contributed by atoms with Crippen LogP contribution in [0.3, 0.4) is 0 Å². The molecule has 21 heavy (non-hydrogen) atoms. The first-order valence-electron chi connectivity index (χ1n) is 6.61. The van der Waals surface area contributed by atoms with Crippen LogP contribution in [0.1, 0.15) is 16.2 Å². The Morgan fingerprint density at radius 2 is 2.14 bits per heavy atom. The van der Waals surface area contributed by atoms with Crippen LogP contribution in [0.4, 0.5) is 0 Å². The fourth-order valence-corrected chi connectivity index (χ4v) is 2.15. The maximum Gasteiger partial charge on any atom is 0.267 e. The Bertz CT molecular complexity index is 821. The van der Waals surface area contributed by atoms with Crippen molar-refractivity contribution in [3.63, 3.8) is 0 Å². The highest BCUT2D eigenvalue weighted by Crippen LogP contribution is 2.07. The molecule has 1 aromatic carbocycles. The van der Waals surface area contributed by atoms with Crippen molar-refractivity contribution in [2.45, 2.75) is 6.42 Å². The second kappa shape index (κ2) is 5.62. The molecule has 0 aliphatic carbocycles. The Kier molecular flexibility index (Phi) is 3.51. The lowest BCUT2D eigenvalue weighted by Crippen LogP contribution is -2.27. The summed E-state index contributed by atoms with van der Waals surface area (Å²) >= 11 is 0. The van der Waals surface area contributed by atoms with Gasteiger partial charge < -0.3 is 15.3 Å². The van der Waals surface area contributed by atoms with Crippen molar-refractivity contribution >= 4 is 16.8 Å². The Hall–Kier alpha value is -2.89. The summed E-state index contributed by atoms with van der Waals surface area (Å²) in [5.41, 5.74) is 1.71. The van der Waals surface area contributed by atoms with E-state index in [0.29, 0.717) is 23.9 Å². The van der Waals surface area contributed by atoms with Crippen LogP contribution < -0.4 is 10.7 Å². The topological polar surface area (TPSA) is 90.6 Å². The largest absolute Gasteiger partial charge is 0.350 e. The number of amides is 1. The van der Waals surface area contributed by atoms with Gasteiger partial charge in [0.1, 0.15) is 5.69 Å². The molecule has 3 rings (SSSR count). The molecule has 0 atom stereocenters. The standard InChI is InChI=1S/C15H14N4O2/c20-14-7-13(19-12-4-2-1-3-11(12)14)15(21)17-6-5-10-8-16-9-18-10/h1-4,7-9H,5-6H2,(H,16,18)(H,17,21)(H,19,20). The molecule has 0 saturated carbocycles. The molecular formula is C15H14N4O2. The molecule has 0 spiro atoms. The number of hydrogen-bond donors (Lipinski definition) is 3. The number of aromatic nitrogens is 3. The number of carbonyl (C=O) groups excluding carboxylic acids is 1. The number of benzene rings is 1. The minimum atomic E-state index is -0.294. The van der Waals surface area contributed by atoms with Gasteiger partial charge in [-0.1, -0.05) is 12.1 Å². The second-order valence-corrected chi connectivity index (χ2v) is 4.68. The van der Waals surface area contributed by atoms with Gasteiger partial charge in [0.15, 0.2) is 5.43 Å². The molecule has 0 bridgehead atoms. The van der Waals surface area contributed by atoms with E-state index in [1.807, 2.05) is 6.07 Å². The van der Waals surface area contributed by atoms with E-state index in [4.69, 9.17) is 0 Å². The molecule has 1 amide bonds. The quantitative estimate of drug-likeness (QED) is 0.672. The van der Waals surface area contributed by atoms with Gasteiger partial charge in [-0.15, -0.1) is 0 Å². The van der Waals surface area contributed by atoms with Gasteiger partial charge in [0, 0.05) is 41.8 Å². The summed E-state index contributed by atoms with van der Waals surface area (Å²) in [4.78, 5) is 33.9. The van der Waals surface area contributed by atoms with E-state index in [1.54, 1.807) is 30.7 Å². The highest BCUT2D eigenvalue weighted by Gasteiger charge is 2.09. The first kappa shape index (κ1) is 13.1. The van der Waals surface area contributed by atoms with Crippen molar-refractivity contribution in [2.75, 3.05) is 6.54 Å². The molecule has 2 aromatic heterocycles. The number of para-hydroxylation sites is 1. The van der Waals surface area contributed by atoms with Gasteiger partial charge >= 0.3 is 0 Å². The number of nitrogens with one attached hydrogen (secondary N) is 3. The lowest BCUT2D eigenvalue weighted by atomic mass is 10.2. The summed E-state index contributed by atoms with van der Waals surface area (Å²) in [6, 6.07) is 8.44. The number of nitrogens with zero attached hydrogens (tertiary/aromatic N) is 1. The number of hydrogen-bond acceptors (Lipinski definition) is 3. The van der Waals surface area contributed by atoms with Crippen molar-refractivity contribution < 1.29 is 4.79 Å². The van der Waals surface area contributed by atoms with E-state index in [0.717, 1.165) is 5.69 Å². The maximum absolute atomic E-state index is 12.1. The Balaban J connectivity index is 1.74. The third-order valence-electron chi connectivity index (χ3n) is 3.22. The lowest BCUT2D eigenvalue weighted by Gasteiger charge is -2.06. The molecule has 0 aliphatic rings. The van der Waals surface area contributed by atoms with Crippen LogP contribution in [0.2, 0.25) is 0 Å². The minimum Gasteiger partial charge on any atom is -0.350 e. The second-order valence-electron chi connectivity index (χ2n) is 4.68. The highest BCUT2D eigenvalue weighted by molar-refractivity contribution is 5.94. The first-order valence-corrected chi connectivity index (χ1v) is 6.61. The third-order valence-corrected chi connectivity index (χ3v) is 3.22. The van der Waals surface area contributed by atoms with Crippen molar-refractivity contribution in [1.29, 1.82) is 0 Å². The van der Waals surface area contributed by atoms with Gasteiger partial charge in [-0.2, -0.15) is 0 Å². The minimum absolute atomic E-state index is 0.164. The summed E-state index contributed by atoms with van der Waals surface area (Å²) in [5, 5.41) is 3.35. The van der Waals surface area contributed by atoms with E-state index >= 15 is 0 Å². The van der Waals surface area contributed by atoms with Crippen LogP contribution >= 0.6 is 0 Å².